The summed E-state index contributed by atoms with van der Waals surface area (Å²) in [4.78, 5) is 10.5. The Kier molecular flexibility index (Phi) is 4.38. The quantitative estimate of drug-likeness (QED) is 0.655. The van der Waals surface area contributed by atoms with Gasteiger partial charge in [-0.05, 0) is 32.9 Å². The first-order valence-electron chi connectivity index (χ1n) is 7.40. The van der Waals surface area contributed by atoms with Gasteiger partial charge in [0.15, 0.2) is 5.71 Å². The normalized spacial score (nSPS) is 16.6. The van der Waals surface area contributed by atoms with Crippen LogP contribution in [-0.4, -0.2) is 40.9 Å². The molecule has 6 nitrogen and oxygen atoms in total. The van der Waals surface area contributed by atoms with Gasteiger partial charge in [-0.15, -0.1) is 0 Å². The second-order valence-electron chi connectivity index (χ2n) is 6.45. The molecule has 0 fully saturated rings. The Morgan fingerprint density at radius 2 is 1.91 bits per heavy atom. The maximum Gasteiger partial charge on any atom is 0.303 e. The fourth-order valence-electron chi connectivity index (χ4n) is 3.09. The van der Waals surface area contributed by atoms with Gasteiger partial charge in [0, 0.05) is 24.5 Å². The van der Waals surface area contributed by atoms with Gasteiger partial charge in [0.1, 0.15) is 16.7 Å². The standard InChI is InChI=1S/C16H21NO5S/c1-10-8-12(23(20,21)22)9-13-15(10)17(7-5-6-14(18)19)11(2)16(13,3)4/h8-9H,5-7H2,1-4H3,(H-,18,19,20,21,22). The van der Waals surface area contributed by atoms with E-state index in [1.54, 1.807) is 6.92 Å². The summed E-state index contributed by atoms with van der Waals surface area (Å²) >= 11 is 0. The monoisotopic (exact) mass is 339 g/mol. The number of carbonyl (C=O) groups is 1. The lowest BCUT2D eigenvalue weighted by atomic mass is 9.82. The lowest BCUT2D eigenvalue weighted by Crippen LogP contribution is -2.27. The number of fused-ring (bicyclic) bond motifs is 1. The minimum atomic E-state index is -4.52. The molecule has 0 aliphatic carbocycles. The smallest absolute Gasteiger partial charge is 0.303 e. The Bertz CT molecular complexity index is 806. The van der Waals surface area contributed by atoms with E-state index in [1.165, 1.54) is 12.1 Å². The van der Waals surface area contributed by atoms with Crippen LogP contribution in [0.1, 0.15) is 44.7 Å². The molecule has 1 aromatic rings. The Balaban J connectivity index is 2.55. The van der Waals surface area contributed by atoms with Gasteiger partial charge in [-0.2, -0.15) is 4.58 Å². The number of carboxylic acids is 1. The van der Waals surface area contributed by atoms with Gasteiger partial charge < -0.3 is 9.66 Å². The molecular weight excluding hydrogens is 318 g/mol. The largest absolute Gasteiger partial charge is 0.744 e. The average Bonchev–Trinajstić information content (AvgIpc) is 2.59. The zero-order valence-electron chi connectivity index (χ0n) is 13.7. The summed E-state index contributed by atoms with van der Waals surface area (Å²) in [6, 6.07) is 2.84. The molecule has 23 heavy (non-hydrogen) atoms. The van der Waals surface area contributed by atoms with Crippen molar-refractivity contribution in [1.82, 2.24) is 0 Å². The van der Waals surface area contributed by atoms with Crippen molar-refractivity contribution in [2.75, 3.05) is 6.54 Å². The number of rotatable bonds is 5. The zero-order valence-corrected chi connectivity index (χ0v) is 14.5. The number of nitrogens with zero attached hydrogens (tertiary/aromatic N) is 1. The van der Waals surface area contributed by atoms with Crippen molar-refractivity contribution >= 4 is 27.5 Å². The highest BCUT2D eigenvalue weighted by Gasteiger charge is 2.44. The zero-order chi connectivity index (χ0) is 17.6. The molecule has 1 aliphatic rings. The minimum Gasteiger partial charge on any atom is -0.744 e. The molecule has 0 atom stereocenters. The van der Waals surface area contributed by atoms with Crippen LogP contribution in [0.3, 0.4) is 0 Å². The third-order valence-electron chi connectivity index (χ3n) is 4.59. The molecule has 1 N–H and O–H groups in total. The van der Waals surface area contributed by atoms with Crippen LogP contribution in [0.4, 0.5) is 5.69 Å². The van der Waals surface area contributed by atoms with E-state index < -0.39 is 21.5 Å². The molecule has 0 amide bonds. The number of hydrogen-bond donors (Lipinski definition) is 1. The summed E-state index contributed by atoms with van der Waals surface area (Å²) in [6.45, 7) is 8.20. The second-order valence-corrected chi connectivity index (χ2v) is 7.83. The first-order valence-corrected chi connectivity index (χ1v) is 8.81. The molecule has 0 bridgehead atoms. The van der Waals surface area contributed by atoms with Gasteiger partial charge >= 0.3 is 5.97 Å². The number of carboxylic acid groups (broad SMARTS) is 1. The highest BCUT2D eigenvalue weighted by atomic mass is 32.2. The van der Waals surface area contributed by atoms with Gasteiger partial charge in [-0.1, -0.05) is 0 Å². The van der Waals surface area contributed by atoms with E-state index in [0.717, 1.165) is 17.0 Å². The molecule has 1 aromatic carbocycles. The predicted octanol–water partition coefficient (Wildman–Crippen LogP) is 2.16. The van der Waals surface area contributed by atoms with Crippen molar-refractivity contribution < 1.29 is 27.4 Å². The van der Waals surface area contributed by atoms with E-state index in [4.69, 9.17) is 5.11 Å². The highest BCUT2D eigenvalue weighted by Crippen LogP contribution is 2.42. The van der Waals surface area contributed by atoms with E-state index in [0.29, 0.717) is 18.5 Å². The molecule has 0 radical (unpaired) electrons. The van der Waals surface area contributed by atoms with E-state index in [1.807, 2.05) is 25.3 Å². The summed E-state index contributed by atoms with van der Waals surface area (Å²) in [7, 11) is -4.52. The van der Waals surface area contributed by atoms with Crippen LogP contribution >= 0.6 is 0 Å². The molecule has 0 spiro atoms. The average molecular weight is 339 g/mol. The Hall–Kier alpha value is -1.73. The van der Waals surface area contributed by atoms with Crippen LogP contribution in [0.15, 0.2) is 17.0 Å². The van der Waals surface area contributed by atoms with Crippen LogP contribution in [0.5, 0.6) is 0 Å². The van der Waals surface area contributed by atoms with Gasteiger partial charge in [-0.3, -0.25) is 4.79 Å². The summed E-state index contributed by atoms with van der Waals surface area (Å²) in [6.07, 6.45) is 0.564. The molecule has 0 unspecified atom stereocenters. The summed E-state index contributed by atoms with van der Waals surface area (Å²) in [5.74, 6) is -0.842. The highest BCUT2D eigenvalue weighted by molar-refractivity contribution is 7.85. The molecule has 0 aromatic heterocycles. The van der Waals surface area contributed by atoms with Crippen molar-refractivity contribution in [2.45, 2.75) is 50.8 Å². The van der Waals surface area contributed by atoms with Crippen molar-refractivity contribution in [1.29, 1.82) is 0 Å². The Morgan fingerprint density at radius 1 is 1.30 bits per heavy atom. The fourth-order valence-corrected chi connectivity index (χ4v) is 3.68. The third kappa shape index (κ3) is 3.16. The first-order chi connectivity index (χ1) is 10.5. The number of hydrogen-bond acceptors (Lipinski definition) is 4. The lowest BCUT2D eigenvalue weighted by molar-refractivity contribution is -0.440. The van der Waals surface area contributed by atoms with Crippen LogP contribution < -0.4 is 0 Å². The SMILES string of the molecule is CC1=[N+](CCCC(=O)O)c2c(C)cc(S(=O)(=O)[O-])cc2C1(C)C. The number of benzene rings is 1. The van der Waals surface area contributed by atoms with E-state index in [9.17, 15) is 17.8 Å². The van der Waals surface area contributed by atoms with Crippen molar-refractivity contribution in [3.63, 3.8) is 0 Å². The fraction of sp³-hybridized carbons (Fsp3) is 0.500. The minimum absolute atomic E-state index is 0.0750. The van der Waals surface area contributed by atoms with Crippen LogP contribution in [0.2, 0.25) is 0 Å². The van der Waals surface area contributed by atoms with E-state index >= 15 is 0 Å². The van der Waals surface area contributed by atoms with Gasteiger partial charge in [-0.25, -0.2) is 8.42 Å². The third-order valence-corrected chi connectivity index (χ3v) is 5.40. The molecule has 0 saturated heterocycles. The molecule has 7 heteroatoms. The van der Waals surface area contributed by atoms with Crippen LogP contribution in [-0.2, 0) is 20.3 Å². The first kappa shape index (κ1) is 17.6. The maximum absolute atomic E-state index is 11.4. The molecular formula is C16H21NO5S. The molecule has 0 saturated carbocycles. The number of aliphatic carboxylic acids is 1. The van der Waals surface area contributed by atoms with Crippen molar-refractivity contribution in [3.05, 3.63) is 23.3 Å². The van der Waals surface area contributed by atoms with E-state index in [-0.39, 0.29) is 11.3 Å². The van der Waals surface area contributed by atoms with Crippen LogP contribution in [0.25, 0.3) is 0 Å². The van der Waals surface area contributed by atoms with Gasteiger partial charge in [0.25, 0.3) is 0 Å². The van der Waals surface area contributed by atoms with Crippen molar-refractivity contribution in [3.8, 4) is 0 Å². The van der Waals surface area contributed by atoms with Gasteiger partial charge in [0.2, 0.25) is 5.69 Å². The van der Waals surface area contributed by atoms with Crippen molar-refractivity contribution in [2.24, 2.45) is 0 Å². The molecule has 1 aliphatic heterocycles. The molecule has 126 valence electrons. The lowest BCUT2D eigenvalue weighted by Gasteiger charge is -2.17. The molecule has 2 rings (SSSR count). The summed E-state index contributed by atoms with van der Waals surface area (Å²) < 4.78 is 36.1. The predicted molar refractivity (Wildman–Crippen MR) is 84.5 cm³/mol. The van der Waals surface area contributed by atoms with Crippen LogP contribution in [0, 0.1) is 6.92 Å². The summed E-state index contributed by atoms with van der Waals surface area (Å²) in [5.41, 5.74) is 2.98. The second kappa shape index (κ2) is 5.72. The Morgan fingerprint density at radius 3 is 2.43 bits per heavy atom. The Labute approximate surface area is 136 Å². The summed E-state index contributed by atoms with van der Waals surface area (Å²) in [5, 5.41) is 8.81. The number of aryl methyl sites for hydroxylation is 1. The van der Waals surface area contributed by atoms with E-state index in [2.05, 4.69) is 0 Å². The molecule has 1 heterocycles. The maximum atomic E-state index is 11.4. The van der Waals surface area contributed by atoms with Gasteiger partial charge in [0.05, 0.1) is 16.7 Å². The topological polar surface area (TPSA) is 97.5 Å².